The second-order valence-electron chi connectivity index (χ2n) is 5.88. The van der Waals surface area contributed by atoms with Crippen LogP contribution in [-0.4, -0.2) is 29.7 Å². The first kappa shape index (κ1) is 15.5. The van der Waals surface area contributed by atoms with Crippen molar-refractivity contribution in [2.24, 2.45) is 0 Å². The lowest BCUT2D eigenvalue weighted by molar-refractivity contribution is 0.577. The predicted molar refractivity (Wildman–Crippen MR) is 97.0 cm³/mol. The lowest BCUT2D eigenvalue weighted by atomic mass is 10.2. The number of anilines is 1. The Morgan fingerprint density at radius 2 is 1.96 bits per heavy atom. The molecule has 3 aromatic rings. The number of nitrogens with zero attached hydrogens (tertiary/aromatic N) is 2. The summed E-state index contributed by atoms with van der Waals surface area (Å²) in [6, 6.07) is 11.1. The second-order valence-corrected chi connectivity index (χ2v) is 9.09. The monoisotopic (exact) mass is 359 g/mol. The molecule has 0 bridgehead atoms. The number of para-hydroxylation sites is 1. The van der Waals surface area contributed by atoms with E-state index in [1.165, 1.54) is 6.20 Å². The Kier molecular flexibility index (Phi) is 3.58. The first-order chi connectivity index (χ1) is 11.5. The number of aromatic nitrogens is 2. The molecule has 0 radical (unpaired) electrons. The smallest absolute Gasteiger partial charge is 0.266 e. The Labute approximate surface area is 145 Å². The zero-order valence-electron chi connectivity index (χ0n) is 13.3. The van der Waals surface area contributed by atoms with Crippen LogP contribution in [-0.2, 0) is 10.0 Å². The summed E-state index contributed by atoms with van der Waals surface area (Å²) < 4.78 is 28.5. The number of rotatable bonds is 2. The van der Waals surface area contributed by atoms with Crippen molar-refractivity contribution in [1.29, 1.82) is 0 Å². The minimum Gasteiger partial charge on any atom is -0.345 e. The molecule has 3 heterocycles. The van der Waals surface area contributed by atoms with Crippen LogP contribution in [0.15, 0.2) is 58.6 Å². The summed E-state index contributed by atoms with van der Waals surface area (Å²) in [5.74, 6) is 0. The first-order valence-electron chi connectivity index (χ1n) is 7.72. The molecule has 2 aromatic heterocycles. The molecule has 0 saturated heterocycles. The zero-order chi connectivity index (χ0) is 16.9. The topological polar surface area (TPSA) is 66.1 Å². The maximum Gasteiger partial charge on any atom is 0.266 e. The highest BCUT2D eigenvalue weighted by molar-refractivity contribution is 8.00. The molecule has 124 valence electrons. The lowest BCUT2D eigenvalue weighted by Gasteiger charge is -2.39. The number of hydrogen-bond donors (Lipinski definition) is 1. The Bertz CT molecular complexity index is 1010. The standard InChI is InChI=1S/C17H17N3O2S2/c1-11-12(2)23-15-8-4-3-7-14(15)20(11)24(21,22)16-10-19-17-13(16)6-5-9-18-17/h3-12H,1-2H3,(H,18,19). The fraction of sp³-hybridized carbons (Fsp3) is 0.235. The summed E-state index contributed by atoms with van der Waals surface area (Å²) in [4.78, 5) is 8.42. The molecule has 4 rings (SSSR count). The molecule has 0 amide bonds. The van der Waals surface area contributed by atoms with Crippen molar-refractivity contribution >= 4 is 38.5 Å². The lowest BCUT2D eigenvalue weighted by Crippen LogP contribution is -2.45. The maximum absolute atomic E-state index is 13.4. The normalized spacial score (nSPS) is 21.0. The fourth-order valence-electron chi connectivity index (χ4n) is 3.05. The van der Waals surface area contributed by atoms with Gasteiger partial charge in [-0.1, -0.05) is 19.1 Å². The van der Waals surface area contributed by atoms with E-state index in [0.717, 1.165) is 10.6 Å². The number of fused-ring (bicyclic) bond motifs is 2. The summed E-state index contributed by atoms with van der Waals surface area (Å²) in [6.45, 7) is 4.02. The van der Waals surface area contributed by atoms with Gasteiger partial charge in [0.05, 0.1) is 11.7 Å². The second kappa shape index (κ2) is 5.53. The summed E-state index contributed by atoms with van der Waals surface area (Å²) in [7, 11) is -3.69. The Morgan fingerprint density at radius 1 is 1.17 bits per heavy atom. The van der Waals surface area contributed by atoms with E-state index < -0.39 is 10.0 Å². The van der Waals surface area contributed by atoms with E-state index in [9.17, 15) is 8.42 Å². The molecule has 5 nitrogen and oxygen atoms in total. The van der Waals surface area contributed by atoms with Gasteiger partial charge in [0.25, 0.3) is 10.0 Å². The van der Waals surface area contributed by atoms with Gasteiger partial charge in [0.2, 0.25) is 0 Å². The van der Waals surface area contributed by atoms with Crippen molar-refractivity contribution in [1.82, 2.24) is 9.97 Å². The van der Waals surface area contributed by atoms with Gasteiger partial charge in [0, 0.05) is 27.9 Å². The summed E-state index contributed by atoms with van der Waals surface area (Å²) in [6.07, 6.45) is 3.18. The maximum atomic E-state index is 13.4. The molecule has 0 fully saturated rings. The van der Waals surface area contributed by atoms with E-state index in [4.69, 9.17) is 0 Å². The van der Waals surface area contributed by atoms with Gasteiger partial charge in [-0.2, -0.15) is 0 Å². The van der Waals surface area contributed by atoms with Gasteiger partial charge in [-0.25, -0.2) is 13.4 Å². The molecule has 1 aliphatic rings. The number of H-pyrrole nitrogens is 1. The minimum absolute atomic E-state index is 0.142. The number of aromatic amines is 1. The SMILES string of the molecule is CC1Sc2ccccc2N(S(=O)(=O)c2c[nH]c3ncccc23)C1C. The highest BCUT2D eigenvalue weighted by Crippen LogP contribution is 2.44. The highest BCUT2D eigenvalue weighted by Gasteiger charge is 2.38. The number of pyridine rings is 1. The van der Waals surface area contributed by atoms with E-state index >= 15 is 0 Å². The molecule has 7 heteroatoms. The van der Waals surface area contributed by atoms with Gasteiger partial charge in [-0.05, 0) is 31.2 Å². The van der Waals surface area contributed by atoms with Crippen molar-refractivity contribution < 1.29 is 8.42 Å². The van der Waals surface area contributed by atoms with Crippen LogP contribution in [0.4, 0.5) is 5.69 Å². The molecular formula is C17H17N3O2S2. The van der Waals surface area contributed by atoms with E-state index in [0.29, 0.717) is 11.0 Å². The van der Waals surface area contributed by atoms with Gasteiger partial charge in [-0.15, -0.1) is 11.8 Å². The van der Waals surface area contributed by atoms with Crippen LogP contribution in [0.25, 0.3) is 11.0 Å². The summed E-state index contributed by atoms with van der Waals surface area (Å²) >= 11 is 1.71. The third kappa shape index (κ3) is 2.22. The Balaban J connectivity index is 1.93. The van der Waals surface area contributed by atoms with Crippen molar-refractivity contribution in [3.8, 4) is 0 Å². The molecule has 1 aliphatic heterocycles. The van der Waals surface area contributed by atoms with Crippen molar-refractivity contribution in [2.45, 2.75) is 34.9 Å². The van der Waals surface area contributed by atoms with Gasteiger partial charge < -0.3 is 4.98 Å². The van der Waals surface area contributed by atoms with Crippen molar-refractivity contribution in [2.75, 3.05) is 4.31 Å². The van der Waals surface area contributed by atoms with Crippen LogP contribution in [0.1, 0.15) is 13.8 Å². The van der Waals surface area contributed by atoms with E-state index in [1.54, 1.807) is 34.4 Å². The Morgan fingerprint density at radius 3 is 2.79 bits per heavy atom. The zero-order valence-corrected chi connectivity index (χ0v) is 14.9. The average Bonchev–Trinajstić information content (AvgIpc) is 3.00. The molecule has 0 aliphatic carbocycles. The molecule has 2 atom stereocenters. The highest BCUT2D eigenvalue weighted by atomic mass is 32.2. The number of nitrogens with one attached hydrogen (secondary N) is 1. The van der Waals surface area contributed by atoms with Crippen LogP contribution < -0.4 is 4.31 Å². The minimum atomic E-state index is -3.69. The van der Waals surface area contributed by atoms with Crippen LogP contribution in [0.3, 0.4) is 0 Å². The van der Waals surface area contributed by atoms with Crippen LogP contribution in [0.2, 0.25) is 0 Å². The third-order valence-corrected chi connectivity index (χ3v) is 7.72. The quantitative estimate of drug-likeness (QED) is 0.759. The van der Waals surface area contributed by atoms with Crippen molar-refractivity contribution in [3.05, 3.63) is 48.8 Å². The van der Waals surface area contributed by atoms with Gasteiger partial charge in [0.15, 0.2) is 0 Å². The van der Waals surface area contributed by atoms with Crippen LogP contribution in [0.5, 0.6) is 0 Å². The molecule has 1 aromatic carbocycles. The molecule has 0 spiro atoms. The van der Waals surface area contributed by atoms with Gasteiger partial charge in [0.1, 0.15) is 10.5 Å². The van der Waals surface area contributed by atoms with Crippen LogP contribution >= 0.6 is 11.8 Å². The largest absolute Gasteiger partial charge is 0.345 e. The number of thioether (sulfide) groups is 1. The van der Waals surface area contributed by atoms with E-state index in [-0.39, 0.29) is 16.2 Å². The van der Waals surface area contributed by atoms with Crippen LogP contribution in [0, 0.1) is 0 Å². The van der Waals surface area contributed by atoms with Gasteiger partial charge in [-0.3, -0.25) is 4.31 Å². The fourth-order valence-corrected chi connectivity index (χ4v) is 6.25. The number of sulfonamides is 1. The third-order valence-electron chi connectivity index (χ3n) is 4.41. The predicted octanol–water partition coefficient (Wildman–Crippen LogP) is 3.64. The van der Waals surface area contributed by atoms with E-state index in [1.807, 2.05) is 31.2 Å². The molecular weight excluding hydrogens is 342 g/mol. The van der Waals surface area contributed by atoms with Gasteiger partial charge >= 0.3 is 0 Å². The first-order valence-corrected chi connectivity index (χ1v) is 10.0. The summed E-state index contributed by atoms with van der Waals surface area (Å²) in [5.41, 5.74) is 1.32. The van der Waals surface area contributed by atoms with E-state index in [2.05, 4.69) is 16.9 Å². The molecule has 1 N–H and O–H groups in total. The summed E-state index contributed by atoms with van der Waals surface area (Å²) in [5, 5.41) is 0.783. The molecule has 2 unspecified atom stereocenters. The average molecular weight is 359 g/mol. The molecule has 24 heavy (non-hydrogen) atoms. The molecule has 0 saturated carbocycles. The number of hydrogen-bond acceptors (Lipinski definition) is 4. The Hall–Kier alpha value is -1.99. The van der Waals surface area contributed by atoms with Crippen molar-refractivity contribution in [3.63, 3.8) is 0 Å². The number of benzene rings is 1.